The van der Waals surface area contributed by atoms with E-state index in [1.807, 2.05) is 0 Å². The predicted octanol–water partition coefficient (Wildman–Crippen LogP) is 5.30. The number of ether oxygens (including phenoxy) is 2. The zero-order valence-electron chi connectivity index (χ0n) is 20.3. The fourth-order valence-electron chi connectivity index (χ4n) is 3.28. The molecule has 9 nitrogen and oxygen atoms in total. The van der Waals surface area contributed by atoms with Crippen molar-refractivity contribution in [1.29, 1.82) is 5.26 Å². The molecule has 0 spiro atoms. The van der Waals surface area contributed by atoms with Crippen LogP contribution in [0.15, 0.2) is 42.5 Å². The van der Waals surface area contributed by atoms with E-state index in [2.05, 4.69) is 20.8 Å². The Kier molecular flexibility index (Phi) is 10.2. The molecule has 3 N–H and O–H groups in total. The number of hydrogen-bond donors (Lipinski definition) is 2. The topological polar surface area (TPSA) is 141 Å². The van der Waals surface area contributed by atoms with Gasteiger partial charge in [-0.05, 0) is 56.5 Å². The molecule has 3 rings (SSSR count). The first-order valence-corrected chi connectivity index (χ1v) is 13.5. The zero-order chi connectivity index (χ0) is 27.8. The molecule has 0 saturated carbocycles. The number of aromatic nitrogens is 2. The van der Waals surface area contributed by atoms with Crippen LogP contribution in [-0.2, 0) is 20.8 Å². The first kappa shape index (κ1) is 29.5. The average Bonchev–Trinajstić information content (AvgIpc) is 3.38. The van der Waals surface area contributed by atoms with Gasteiger partial charge in [-0.2, -0.15) is 18.4 Å². The lowest BCUT2D eigenvalue weighted by molar-refractivity contribution is -0.138. The molecule has 14 heteroatoms. The number of unbranched alkanes of at least 4 members (excludes halogenated alkanes) is 2. The van der Waals surface area contributed by atoms with E-state index < -0.39 is 25.5 Å². The normalized spacial score (nSPS) is 13.9. The molecule has 0 amide bonds. The summed E-state index contributed by atoms with van der Waals surface area (Å²) in [5.41, 5.74) is 4.49. The van der Waals surface area contributed by atoms with Crippen molar-refractivity contribution in [3.63, 3.8) is 0 Å². The smallest absolute Gasteiger partial charge is 0.419 e. The minimum atomic E-state index is -4.66. The number of rotatable bonds is 13. The number of benzene rings is 2. The maximum absolute atomic E-state index is 13.8. The van der Waals surface area contributed by atoms with Crippen molar-refractivity contribution in [3.8, 4) is 28.1 Å². The first-order valence-electron chi connectivity index (χ1n) is 11.5. The van der Waals surface area contributed by atoms with Crippen LogP contribution in [0.2, 0.25) is 0 Å². The molecule has 0 aliphatic heterocycles. The van der Waals surface area contributed by atoms with Crippen LogP contribution in [-0.4, -0.2) is 34.9 Å². The number of alkyl halides is 3. The highest BCUT2D eigenvalue weighted by molar-refractivity contribution is 7.32. The van der Waals surface area contributed by atoms with Gasteiger partial charge < -0.3 is 24.6 Å². The van der Waals surface area contributed by atoms with Gasteiger partial charge in [-0.25, -0.2) is 0 Å². The van der Waals surface area contributed by atoms with Crippen molar-refractivity contribution in [1.82, 2.24) is 10.2 Å². The Morgan fingerprint density at radius 2 is 1.76 bits per heavy atom. The van der Waals surface area contributed by atoms with Gasteiger partial charge in [0.25, 0.3) is 0 Å². The Labute approximate surface area is 221 Å². The highest BCUT2D eigenvalue weighted by atomic mass is 32.1. The molecule has 0 bridgehead atoms. The van der Waals surface area contributed by atoms with Crippen LogP contribution in [0.1, 0.15) is 42.3 Å². The summed E-state index contributed by atoms with van der Waals surface area (Å²) in [4.78, 5) is 8.86. The van der Waals surface area contributed by atoms with Crippen molar-refractivity contribution in [2.45, 2.75) is 37.9 Å². The van der Waals surface area contributed by atoms with Crippen LogP contribution >= 0.6 is 19.6 Å². The average molecular weight is 571 g/mol. The summed E-state index contributed by atoms with van der Waals surface area (Å²) in [6.07, 6.45) is -2.84. The molecule has 38 heavy (non-hydrogen) atoms. The van der Waals surface area contributed by atoms with Gasteiger partial charge in [-0.3, -0.25) is 4.57 Å². The number of para-hydroxylation sites is 1. The molecule has 204 valence electrons. The Bertz CT molecular complexity index is 1300. The molecular formula is C24H26F3N4O5PS. The first-order chi connectivity index (χ1) is 18.0. The second-order valence-corrected chi connectivity index (χ2v) is 10.3. The van der Waals surface area contributed by atoms with Crippen molar-refractivity contribution in [2.24, 2.45) is 5.73 Å². The van der Waals surface area contributed by atoms with E-state index in [4.69, 9.17) is 25.4 Å². The molecule has 1 aromatic heterocycles. The summed E-state index contributed by atoms with van der Waals surface area (Å²) in [7, 11) is -3.20. The summed E-state index contributed by atoms with van der Waals surface area (Å²) in [6, 6.07) is 12.6. The van der Waals surface area contributed by atoms with Crippen molar-refractivity contribution < 1.29 is 36.6 Å². The number of nitrogens with two attached hydrogens (primary N) is 1. The molecular weight excluding hydrogens is 544 g/mol. The van der Waals surface area contributed by atoms with Gasteiger partial charge >= 0.3 is 14.4 Å². The van der Waals surface area contributed by atoms with Crippen LogP contribution in [0.3, 0.4) is 0 Å². The Morgan fingerprint density at radius 3 is 2.42 bits per heavy atom. The largest absolute Gasteiger partial charge is 0.493 e. The van der Waals surface area contributed by atoms with Crippen LogP contribution in [0.5, 0.6) is 11.5 Å². The molecule has 2 aromatic carbocycles. The molecule has 0 aliphatic carbocycles. The quantitative estimate of drug-likeness (QED) is 0.207. The lowest BCUT2D eigenvalue weighted by Gasteiger charge is -2.19. The third kappa shape index (κ3) is 8.24. The van der Waals surface area contributed by atoms with E-state index in [0.29, 0.717) is 37.2 Å². The standard InChI is InChI=1S/C24H26F3N4O5PS/c1-23(29,15-36-37(32)33)22-31-30-21(38-22)16-9-10-20(18(13-16)24(25,26)27)35-12-6-2-5-11-34-19-8-4-3-7-17(19)14-28/h3-4,7-10,13,37H,2,5-6,11-12,15,29H2,1H3,(H,32,33)/t23-/m0/s1. The van der Waals surface area contributed by atoms with E-state index in [1.165, 1.54) is 19.1 Å². The number of nitrogens with zero attached hydrogens (tertiary/aromatic N) is 3. The molecule has 0 aliphatic rings. The summed E-state index contributed by atoms with van der Waals surface area (Å²) in [5.74, 6) is 0.200. The van der Waals surface area contributed by atoms with E-state index in [-0.39, 0.29) is 34.5 Å². The third-order valence-corrected chi connectivity index (χ3v) is 6.90. The Hall–Kier alpha value is -3.01. The van der Waals surface area contributed by atoms with Gasteiger partial charge in [-0.1, -0.05) is 23.5 Å². The molecule has 3 aromatic rings. The highest BCUT2D eigenvalue weighted by Crippen LogP contribution is 2.40. The lowest BCUT2D eigenvalue weighted by Crippen LogP contribution is -2.37. The Balaban J connectivity index is 1.58. The number of nitriles is 1. The van der Waals surface area contributed by atoms with Crippen molar-refractivity contribution in [3.05, 3.63) is 58.6 Å². The monoisotopic (exact) mass is 570 g/mol. The van der Waals surface area contributed by atoms with E-state index in [0.717, 1.165) is 17.4 Å². The fourth-order valence-corrected chi connectivity index (χ4v) is 4.59. The molecule has 0 fully saturated rings. The third-order valence-electron chi connectivity index (χ3n) is 5.25. The molecule has 2 atom stereocenters. The van der Waals surface area contributed by atoms with Gasteiger partial charge in [0, 0.05) is 5.56 Å². The van der Waals surface area contributed by atoms with E-state index in [9.17, 15) is 17.7 Å². The van der Waals surface area contributed by atoms with Gasteiger partial charge in [0.1, 0.15) is 27.6 Å². The van der Waals surface area contributed by atoms with Crippen LogP contribution in [0, 0.1) is 11.3 Å². The van der Waals surface area contributed by atoms with Crippen molar-refractivity contribution >= 4 is 19.6 Å². The van der Waals surface area contributed by atoms with Gasteiger partial charge in [0.2, 0.25) is 0 Å². The Morgan fingerprint density at radius 1 is 1.08 bits per heavy atom. The SMILES string of the molecule is C[C@](N)(CO[PH](=O)O)c1nnc(-c2ccc(OCCCCCOc3ccccc3C#N)c(C(F)(F)F)c2)s1. The zero-order valence-corrected chi connectivity index (χ0v) is 22.1. The van der Waals surface area contributed by atoms with Gasteiger partial charge in [0.05, 0.1) is 36.5 Å². The van der Waals surface area contributed by atoms with Gasteiger partial charge in [0.15, 0.2) is 0 Å². The lowest BCUT2D eigenvalue weighted by atomic mass is 10.1. The summed E-state index contributed by atoms with van der Waals surface area (Å²) in [5, 5.41) is 17.4. The van der Waals surface area contributed by atoms with E-state index >= 15 is 0 Å². The van der Waals surface area contributed by atoms with Crippen molar-refractivity contribution in [2.75, 3.05) is 19.8 Å². The molecule has 1 heterocycles. The number of hydrogen-bond acceptors (Lipinski definition) is 9. The molecule has 0 radical (unpaired) electrons. The molecule has 1 unspecified atom stereocenters. The van der Waals surface area contributed by atoms with Crippen LogP contribution in [0.4, 0.5) is 13.2 Å². The van der Waals surface area contributed by atoms with Crippen LogP contribution in [0.25, 0.3) is 10.6 Å². The van der Waals surface area contributed by atoms with Crippen LogP contribution < -0.4 is 15.2 Å². The predicted molar refractivity (Wildman–Crippen MR) is 135 cm³/mol. The summed E-state index contributed by atoms with van der Waals surface area (Å²) in [6.45, 7) is 1.66. The maximum Gasteiger partial charge on any atom is 0.419 e. The second kappa shape index (κ2) is 13.2. The summed E-state index contributed by atoms with van der Waals surface area (Å²) >= 11 is 0.962. The minimum Gasteiger partial charge on any atom is -0.493 e. The number of halogens is 3. The maximum atomic E-state index is 13.8. The second-order valence-electron chi connectivity index (χ2n) is 8.46. The highest BCUT2D eigenvalue weighted by Gasteiger charge is 2.35. The summed E-state index contributed by atoms with van der Waals surface area (Å²) < 4.78 is 67.9. The molecule has 0 saturated heterocycles. The fraction of sp³-hybridized carbons (Fsp3) is 0.375. The van der Waals surface area contributed by atoms with Gasteiger partial charge in [-0.15, -0.1) is 10.2 Å². The van der Waals surface area contributed by atoms with E-state index in [1.54, 1.807) is 24.3 Å². The minimum absolute atomic E-state index is 0.0830.